The first-order chi connectivity index (χ1) is 11.7. The van der Waals surface area contributed by atoms with Crippen LogP contribution in [0.1, 0.15) is 28.8 Å². The summed E-state index contributed by atoms with van der Waals surface area (Å²) in [5.74, 6) is 0.823. The third-order valence-corrected chi connectivity index (χ3v) is 5.36. The summed E-state index contributed by atoms with van der Waals surface area (Å²) in [6, 6.07) is 15.2. The number of amides is 1. The van der Waals surface area contributed by atoms with Crippen LogP contribution in [0.4, 0.5) is 0 Å². The van der Waals surface area contributed by atoms with Gasteiger partial charge in [-0.2, -0.15) is 0 Å². The standard InChI is InChI=1S/C19H20ClNO2S/c20-15-6-3-5-14(11-15)12-21-19(22)17-8-1-2-9-18(17)24-13-16-7-4-10-23-16/h1-3,5-6,8-9,11,16H,4,7,10,12-13H2,(H,21,22)/t16-/m1/s1. The summed E-state index contributed by atoms with van der Waals surface area (Å²) in [5.41, 5.74) is 1.70. The van der Waals surface area contributed by atoms with Gasteiger partial charge < -0.3 is 10.1 Å². The number of benzene rings is 2. The fourth-order valence-corrected chi connectivity index (χ4v) is 4.00. The van der Waals surface area contributed by atoms with E-state index in [9.17, 15) is 4.79 Å². The molecule has 0 unspecified atom stereocenters. The van der Waals surface area contributed by atoms with Crippen molar-refractivity contribution in [1.82, 2.24) is 5.32 Å². The minimum Gasteiger partial charge on any atom is -0.377 e. The fourth-order valence-electron chi connectivity index (χ4n) is 2.66. The van der Waals surface area contributed by atoms with E-state index >= 15 is 0 Å². The van der Waals surface area contributed by atoms with Crippen molar-refractivity contribution in [3.63, 3.8) is 0 Å². The number of nitrogens with one attached hydrogen (secondary N) is 1. The largest absolute Gasteiger partial charge is 0.377 e. The molecule has 0 bridgehead atoms. The molecular weight excluding hydrogens is 342 g/mol. The van der Waals surface area contributed by atoms with Crippen LogP contribution in [-0.2, 0) is 11.3 Å². The highest BCUT2D eigenvalue weighted by Crippen LogP contribution is 2.26. The van der Waals surface area contributed by atoms with Gasteiger partial charge in [-0.3, -0.25) is 4.79 Å². The maximum Gasteiger partial charge on any atom is 0.252 e. The Bertz CT molecular complexity index is 701. The molecule has 3 nitrogen and oxygen atoms in total. The van der Waals surface area contributed by atoms with E-state index in [-0.39, 0.29) is 5.91 Å². The third kappa shape index (κ3) is 4.76. The number of rotatable bonds is 6. The lowest BCUT2D eigenvalue weighted by atomic mass is 10.2. The van der Waals surface area contributed by atoms with E-state index in [0.717, 1.165) is 35.7 Å². The van der Waals surface area contributed by atoms with E-state index in [4.69, 9.17) is 16.3 Å². The molecule has 3 rings (SSSR count). The van der Waals surface area contributed by atoms with E-state index < -0.39 is 0 Å². The zero-order chi connectivity index (χ0) is 16.8. The zero-order valence-corrected chi connectivity index (χ0v) is 14.9. The Balaban J connectivity index is 1.61. The Morgan fingerprint density at radius 1 is 1.25 bits per heavy atom. The zero-order valence-electron chi connectivity index (χ0n) is 13.3. The van der Waals surface area contributed by atoms with Gasteiger partial charge in [-0.15, -0.1) is 11.8 Å². The van der Waals surface area contributed by atoms with Crippen molar-refractivity contribution in [3.05, 3.63) is 64.7 Å². The number of carbonyl (C=O) groups excluding carboxylic acids is 1. The summed E-state index contributed by atoms with van der Waals surface area (Å²) < 4.78 is 5.66. The molecule has 1 aliphatic rings. The maximum absolute atomic E-state index is 12.5. The molecule has 0 saturated carbocycles. The molecule has 24 heavy (non-hydrogen) atoms. The predicted molar refractivity (Wildman–Crippen MR) is 98.8 cm³/mol. The van der Waals surface area contributed by atoms with Crippen molar-refractivity contribution in [2.75, 3.05) is 12.4 Å². The molecule has 1 N–H and O–H groups in total. The molecule has 1 fully saturated rings. The number of ether oxygens (including phenoxy) is 1. The lowest BCUT2D eigenvalue weighted by Crippen LogP contribution is -2.23. The summed E-state index contributed by atoms with van der Waals surface area (Å²) in [5, 5.41) is 3.64. The molecule has 2 aromatic rings. The van der Waals surface area contributed by atoms with Crippen molar-refractivity contribution in [1.29, 1.82) is 0 Å². The lowest BCUT2D eigenvalue weighted by Gasteiger charge is -2.12. The van der Waals surface area contributed by atoms with Gasteiger partial charge >= 0.3 is 0 Å². The summed E-state index contributed by atoms with van der Waals surface area (Å²) in [7, 11) is 0. The van der Waals surface area contributed by atoms with E-state index in [0.29, 0.717) is 23.2 Å². The highest BCUT2D eigenvalue weighted by molar-refractivity contribution is 7.99. The molecule has 5 heteroatoms. The second-order valence-electron chi connectivity index (χ2n) is 5.75. The Hall–Kier alpha value is -1.49. The fraction of sp³-hybridized carbons (Fsp3) is 0.316. The van der Waals surface area contributed by atoms with Crippen molar-refractivity contribution in [2.45, 2.75) is 30.4 Å². The van der Waals surface area contributed by atoms with Crippen molar-refractivity contribution in [2.24, 2.45) is 0 Å². The first kappa shape index (κ1) is 17.3. The van der Waals surface area contributed by atoms with E-state index in [1.165, 1.54) is 0 Å². The Labute approximate surface area is 151 Å². The van der Waals surface area contributed by atoms with Gasteiger partial charge in [-0.05, 0) is 42.7 Å². The minimum atomic E-state index is -0.0644. The van der Waals surface area contributed by atoms with Crippen LogP contribution in [0.2, 0.25) is 5.02 Å². The average molecular weight is 362 g/mol. The molecule has 1 atom stereocenters. The second kappa shape index (κ2) is 8.56. The van der Waals surface area contributed by atoms with Crippen molar-refractivity contribution in [3.8, 4) is 0 Å². The molecular formula is C19H20ClNO2S. The molecule has 0 aliphatic carbocycles. The van der Waals surface area contributed by atoms with Gasteiger partial charge in [0.15, 0.2) is 0 Å². The van der Waals surface area contributed by atoms with Gasteiger partial charge in [0.2, 0.25) is 0 Å². The van der Waals surface area contributed by atoms with Gasteiger partial charge in [0.25, 0.3) is 5.91 Å². The lowest BCUT2D eigenvalue weighted by molar-refractivity contribution is 0.0948. The molecule has 0 radical (unpaired) electrons. The average Bonchev–Trinajstić information content (AvgIpc) is 3.12. The molecule has 2 aromatic carbocycles. The summed E-state index contributed by atoms with van der Waals surface area (Å²) in [6.45, 7) is 1.32. The summed E-state index contributed by atoms with van der Waals surface area (Å²) >= 11 is 7.67. The van der Waals surface area contributed by atoms with Crippen LogP contribution in [-0.4, -0.2) is 24.4 Å². The van der Waals surface area contributed by atoms with E-state index in [1.807, 2.05) is 48.5 Å². The van der Waals surface area contributed by atoms with Crippen LogP contribution < -0.4 is 5.32 Å². The quantitative estimate of drug-likeness (QED) is 0.767. The SMILES string of the molecule is O=C(NCc1cccc(Cl)c1)c1ccccc1SC[C@H]1CCCO1. The molecule has 1 heterocycles. The molecule has 1 aliphatic heterocycles. The maximum atomic E-state index is 12.5. The topological polar surface area (TPSA) is 38.3 Å². The van der Waals surface area contributed by atoms with Crippen molar-refractivity contribution < 1.29 is 9.53 Å². The first-order valence-electron chi connectivity index (χ1n) is 8.08. The smallest absolute Gasteiger partial charge is 0.252 e. The van der Waals surface area contributed by atoms with E-state index in [2.05, 4.69) is 5.32 Å². The number of hydrogen-bond donors (Lipinski definition) is 1. The molecule has 1 amide bonds. The van der Waals surface area contributed by atoms with Crippen molar-refractivity contribution >= 4 is 29.3 Å². The highest BCUT2D eigenvalue weighted by Gasteiger charge is 2.17. The van der Waals surface area contributed by atoms with Crippen LogP contribution in [0.3, 0.4) is 0 Å². The van der Waals surface area contributed by atoms with Gasteiger partial charge in [-0.25, -0.2) is 0 Å². The Morgan fingerprint density at radius 2 is 2.12 bits per heavy atom. The summed E-state index contributed by atoms with van der Waals surface area (Å²) in [4.78, 5) is 13.5. The molecule has 1 saturated heterocycles. The first-order valence-corrected chi connectivity index (χ1v) is 9.45. The Kier molecular flexibility index (Phi) is 6.18. The number of halogens is 1. The highest BCUT2D eigenvalue weighted by atomic mass is 35.5. The Morgan fingerprint density at radius 3 is 2.92 bits per heavy atom. The molecule has 126 valence electrons. The predicted octanol–water partition coefficient (Wildman–Crippen LogP) is 4.54. The van der Waals surface area contributed by atoms with E-state index in [1.54, 1.807) is 11.8 Å². The number of carbonyl (C=O) groups is 1. The monoisotopic (exact) mass is 361 g/mol. The second-order valence-corrected chi connectivity index (χ2v) is 7.25. The van der Waals surface area contributed by atoms with Gasteiger partial charge in [0, 0.05) is 28.8 Å². The van der Waals surface area contributed by atoms with Crippen LogP contribution in [0.25, 0.3) is 0 Å². The number of hydrogen-bond acceptors (Lipinski definition) is 3. The van der Waals surface area contributed by atoms with Gasteiger partial charge in [-0.1, -0.05) is 35.9 Å². The third-order valence-electron chi connectivity index (χ3n) is 3.92. The van der Waals surface area contributed by atoms with Crippen LogP contribution >= 0.6 is 23.4 Å². The minimum absolute atomic E-state index is 0.0644. The molecule has 0 aromatic heterocycles. The van der Waals surface area contributed by atoms with Gasteiger partial charge in [0.1, 0.15) is 0 Å². The van der Waals surface area contributed by atoms with Crippen LogP contribution in [0.5, 0.6) is 0 Å². The summed E-state index contributed by atoms with van der Waals surface area (Å²) in [6.07, 6.45) is 2.54. The normalized spacial score (nSPS) is 17.0. The number of thioether (sulfide) groups is 1. The van der Waals surface area contributed by atoms with Gasteiger partial charge in [0.05, 0.1) is 11.7 Å². The van der Waals surface area contributed by atoms with Crippen LogP contribution in [0.15, 0.2) is 53.4 Å². The van der Waals surface area contributed by atoms with Crippen LogP contribution in [0, 0.1) is 0 Å². The molecule has 0 spiro atoms.